The van der Waals surface area contributed by atoms with E-state index in [1.807, 2.05) is 26.8 Å². The van der Waals surface area contributed by atoms with Crippen molar-refractivity contribution in [1.29, 1.82) is 0 Å². The second-order valence-electron chi connectivity index (χ2n) is 12.4. The first-order valence-electron chi connectivity index (χ1n) is 14.3. The minimum Gasteiger partial charge on any atom is -0.444 e. The molecule has 41 heavy (non-hydrogen) atoms. The number of hydrogen-bond donors (Lipinski definition) is 1. The molecule has 0 aliphatic carbocycles. The Morgan fingerprint density at radius 1 is 0.756 bits per heavy atom. The van der Waals surface area contributed by atoms with Crippen molar-refractivity contribution >= 4 is 42.3 Å². The lowest BCUT2D eigenvalue weighted by atomic mass is 9.88. The molecule has 5 aromatic carbocycles. The summed E-state index contributed by atoms with van der Waals surface area (Å²) in [7, 11) is 5.48. The Morgan fingerprint density at radius 2 is 1.24 bits per heavy atom. The Morgan fingerprint density at radius 3 is 1.76 bits per heavy atom. The molecule has 2 radical (unpaired) electrons. The fourth-order valence-electron chi connectivity index (χ4n) is 6.63. The molecule has 2 atom stereocenters. The fourth-order valence-corrected chi connectivity index (χ4v) is 10.7. The van der Waals surface area contributed by atoms with E-state index in [-0.39, 0.29) is 11.7 Å². The van der Waals surface area contributed by atoms with Crippen molar-refractivity contribution in [2.24, 2.45) is 0 Å². The zero-order valence-electron chi connectivity index (χ0n) is 24.2. The Kier molecular flexibility index (Phi) is 7.16. The van der Waals surface area contributed by atoms with Crippen molar-refractivity contribution in [2.75, 3.05) is 0 Å². The van der Waals surface area contributed by atoms with Crippen molar-refractivity contribution in [1.82, 2.24) is 5.32 Å². The van der Waals surface area contributed by atoms with Crippen molar-refractivity contribution in [3.63, 3.8) is 0 Å². The second-order valence-corrected chi connectivity index (χ2v) is 15.7. The molecule has 204 valence electrons. The maximum Gasteiger partial charge on any atom is 0.408 e. The molecule has 1 N–H and O–H groups in total. The normalized spacial score (nSPS) is 15.8. The van der Waals surface area contributed by atoms with Crippen molar-refractivity contribution in [3.05, 3.63) is 120 Å². The van der Waals surface area contributed by atoms with Gasteiger partial charge >= 0.3 is 13.7 Å². The average Bonchev–Trinajstić information content (AvgIpc) is 3.06. The molecule has 6 rings (SSSR count). The summed E-state index contributed by atoms with van der Waals surface area (Å²) in [6, 6.07) is 36.6. The molecule has 1 heterocycles. The van der Waals surface area contributed by atoms with Crippen LogP contribution in [0.25, 0.3) is 32.7 Å². The van der Waals surface area contributed by atoms with Gasteiger partial charge in [0.1, 0.15) is 5.60 Å². The highest BCUT2D eigenvalue weighted by Crippen LogP contribution is 2.73. The second kappa shape index (κ2) is 10.7. The van der Waals surface area contributed by atoms with Crippen LogP contribution in [0.3, 0.4) is 0 Å². The highest BCUT2D eigenvalue weighted by Gasteiger charge is 2.48. The van der Waals surface area contributed by atoms with Gasteiger partial charge in [-0.1, -0.05) is 103 Å². The maximum atomic E-state index is 13.0. The van der Waals surface area contributed by atoms with Gasteiger partial charge in [-0.2, -0.15) is 0 Å². The number of benzene rings is 5. The lowest BCUT2D eigenvalue weighted by Crippen LogP contribution is -2.41. The van der Waals surface area contributed by atoms with Crippen LogP contribution in [0, 0.1) is 0 Å². The molecular formula is C36H36BNO2P+. The topological polar surface area (TPSA) is 38.3 Å². The molecule has 3 nitrogen and oxygen atoms in total. The van der Waals surface area contributed by atoms with E-state index in [0.29, 0.717) is 0 Å². The van der Waals surface area contributed by atoms with Crippen molar-refractivity contribution < 1.29 is 9.53 Å². The van der Waals surface area contributed by atoms with Gasteiger partial charge in [0, 0.05) is 0 Å². The number of ether oxygens (including phenoxy) is 1. The van der Waals surface area contributed by atoms with Crippen LogP contribution in [0.15, 0.2) is 103 Å². The monoisotopic (exact) mass is 556 g/mol. The molecule has 1 amide bonds. The van der Waals surface area contributed by atoms with Gasteiger partial charge in [0.15, 0.2) is 0 Å². The first-order valence-corrected chi connectivity index (χ1v) is 16.6. The fraction of sp³-hybridized carbons (Fsp3) is 0.250. The minimum absolute atomic E-state index is 0.0621. The molecule has 0 fully saturated rings. The first kappa shape index (κ1) is 27.5. The molecule has 0 saturated heterocycles. The summed E-state index contributed by atoms with van der Waals surface area (Å²) in [5, 5.41) is 8.14. The molecule has 0 bridgehead atoms. The molecule has 1 aliphatic heterocycles. The third kappa shape index (κ3) is 5.38. The maximum absolute atomic E-state index is 13.0. The largest absolute Gasteiger partial charge is 0.444 e. The summed E-state index contributed by atoms with van der Waals surface area (Å²) >= 11 is 0. The molecule has 5 aromatic rings. The van der Waals surface area contributed by atoms with Crippen LogP contribution in [0.5, 0.6) is 0 Å². The summed E-state index contributed by atoms with van der Waals surface area (Å²) in [4.78, 5) is 13.0. The lowest BCUT2D eigenvalue weighted by Gasteiger charge is -2.36. The molecule has 0 aromatic heterocycles. The standard InChI is InChI=1S/C36H36BNO2P/c1-24(38-35(39)40-36(2,3)4)34(27-14-6-5-7-15-27)41(37)22-28-20-18-25-12-8-10-16-30(25)32(28)33-29(23-41)21-19-26-13-9-11-17-31(26)33/h5-21,24,34H,22-23H2,1-4H3,(H,38,39)/q+1/t24-,34+/m0/s1. The summed E-state index contributed by atoms with van der Waals surface area (Å²) in [6.07, 6.45) is 1.14. The SMILES string of the molecule is [B][P+]1([C@@H](c2ccccc2)[C@H](C)NC(=O)OC(C)(C)C)Cc2ccc3ccccc3c2-c2c(ccc3ccccc23)C1. The summed E-state index contributed by atoms with van der Waals surface area (Å²) < 4.78 is 5.67. The van der Waals surface area contributed by atoms with Crippen LogP contribution in [0.2, 0.25) is 0 Å². The van der Waals surface area contributed by atoms with Crippen LogP contribution < -0.4 is 5.32 Å². The molecule has 5 heteroatoms. The van der Waals surface area contributed by atoms with Crippen molar-refractivity contribution in [3.8, 4) is 11.1 Å². The minimum atomic E-state index is -2.29. The van der Waals surface area contributed by atoms with Crippen LogP contribution in [-0.2, 0) is 17.1 Å². The van der Waals surface area contributed by atoms with E-state index < -0.39 is 18.8 Å². The summed E-state index contributed by atoms with van der Waals surface area (Å²) in [6.45, 7) is 7.73. The number of rotatable bonds is 4. The predicted octanol–water partition coefficient (Wildman–Crippen LogP) is 9.43. The highest BCUT2D eigenvalue weighted by atomic mass is 31.2. The molecule has 0 unspecified atom stereocenters. The van der Waals surface area contributed by atoms with Crippen molar-refractivity contribution in [2.45, 2.75) is 57.3 Å². The summed E-state index contributed by atoms with van der Waals surface area (Å²) in [5.41, 5.74) is 5.65. The van der Waals surface area contributed by atoms with E-state index in [1.54, 1.807) is 0 Å². The molecule has 1 aliphatic rings. The predicted molar refractivity (Wildman–Crippen MR) is 175 cm³/mol. The van der Waals surface area contributed by atoms with Gasteiger partial charge in [-0.3, -0.25) is 0 Å². The van der Waals surface area contributed by atoms with Gasteiger partial charge in [0.25, 0.3) is 0 Å². The highest BCUT2D eigenvalue weighted by molar-refractivity contribution is 7.96. The van der Waals surface area contributed by atoms with E-state index in [4.69, 9.17) is 12.3 Å². The number of amides is 1. The number of carbonyl (C=O) groups is 1. The Hall–Kier alpha value is -3.62. The van der Waals surface area contributed by atoms with E-state index in [9.17, 15) is 4.79 Å². The van der Waals surface area contributed by atoms with Crippen LogP contribution in [-0.4, -0.2) is 25.3 Å². The van der Waals surface area contributed by atoms with Crippen LogP contribution in [0.4, 0.5) is 4.79 Å². The number of carbonyl (C=O) groups excluding carboxylic acids is 1. The number of alkyl carbamates (subject to hydrolysis) is 1. The van der Waals surface area contributed by atoms with E-state index in [0.717, 1.165) is 17.9 Å². The van der Waals surface area contributed by atoms with Gasteiger partial charge in [-0.15, -0.1) is 0 Å². The zero-order chi connectivity index (χ0) is 28.8. The first-order chi connectivity index (χ1) is 19.6. The van der Waals surface area contributed by atoms with Gasteiger partial charge in [-0.05, 0) is 84.2 Å². The quantitative estimate of drug-likeness (QED) is 0.177. The Labute approximate surface area is 245 Å². The number of hydrogen-bond acceptors (Lipinski definition) is 2. The van der Waals surface area contributed by atoms with E-state index >= 15 is 0 Å². The van der Waals surface area contributed by atoms with Gasteiger partial charge in [-0.25, -0.2) is 4.79 Å². The Bertz CT molecular complexity index is 1660. The summed E-state index contributed by atoms with van der Waals surface area (Å²) in [5.74, 6) is 0. The van der Waals surface area contributed by atoms with E-state index in [1.165, 1.54) is 43.8 Å². The van der Waals surface area contributed by atoms with E-state index in [2.05, 4.69) is 109 Å². The Balaban J connectivity index is 1.56. The lowest BCUT2D eigenvalue weighted by molar-refractivity contribution is 0.0507. The van der Waals surface area contributed by atoms with Crippen LogP contribution in [0.1, 0.15) is 50.0 Å². The average molecular weight is 556 g/mol. The third-order valence-electron chi connectivity index (χ3n) is 8.12. The number of fused-ring (bicyclic) bond motifs is 7. The van der Waals surface area contributed by atoms with Gasteiger partial charge in [0.05, 0.1) is 24.0 Å². The third-order valence-corrected chi connectivity index (χ3v) is 11.8. The van der Waals surface area contributed by atoms with Crippen LogP contribution >= 0.6 is 7.14 Å². The molecular weight excluding hydrogens is 520 g/mol. The smallest absolute Gasteiger partial charge is 0.408 e. The van der Waals surface area contributed by atoms with Gasteiger partial charge in [0.2, 0.25) is 0 Å². The zero-order valence-corrected chi connectivity index (χ0v) is 25.1. The molecule has 0 saturated carbocycles. The number of nitrogens with one attached hydrogen (secondary N) is 1. The molecule has 0 spiro atoms. The van der Waals surface area contributed by atoms with Gasteiger partial charge < -0.3 is 10.1 Å².